The van der Waals surface area contributed by atoms with Crippen LogP contribution in [0.15, 0.2) is 39.4 Å². The number of aryl methyl sites for hydroxylation is 1. The molecule has 1 amide bonds. The lowest BCUT2D eigenvalue weighted by Crippen LogP contribution is -2.30. The van der Waals surface area contributed by atoms with Gasteiger partial charge in [-0.05, 0) is 37.6 Å². The summed E-state index contributed by atoms with van der Waals surface area (Å²) in [7, 11) is 0. The van der Waals surface area contributed by atoms with Gasteiger partial charge in [-0.1, -0.05) is 6.92 Å². The summed E-state index contributed by atoms with van der Waals surface area (Å²) in [6.07, 6.45) is 2.40. The quantitative estimate of drug-likeness (QED) is 0.688. The summed E-state index contributed by atoms with van der Waals surface area (Å²) in [5.41, 5.74) is 0. The molecule has 0 bridgehead atoms. The molecule has 3 aromatic heterocycles. The van der Waals surface area contributed by atoms with E-state index in [1.165, 1.54) is 11.3 Å². The van der Waals surface area contributed by atoms with Crippen LogP contribution in [0, 0.1) is 6.92 Å². The summed E-state index contributed by atoms with van der Waals surface area (Å²) < 4.78 is 10.8. The molecule has 0 aromatic carbocycles. The molecular formula is C16H17N3O3S. The van der Waals surface area contributed by atoms with E-state index in [1.807, 2.05) is 26.0 Å². The second-order valence-corrected chi connectivity index (χ2v) is 6.40. The molecule has 0 atom stereocenters. The highest BCUT2D eigenvalue weighted by Crippen LogP contribution is 2.21. The van der Waals surface area contributed by atoms with Crippen molar-refractivity contribution in [3.05, 3.63) is 46.2 Å². The van der Waals surface area contributed by atoms with Crippen LogP contribution in [0.1, 0.15) is 33.8 Å². The molecule has 0 fully saturated rings. The predicted octanol–water partition coefficient (Wildman–Crippen LogP) is 3.75. The van der Waals surface area contributed by atoms with E-state index in [0.717, 1.165) is 16.2 Å². The zero-order chi connectivity index (χ0) is 16.2. The first-order valence-electron chi connectivity index (χ1n) is 7.39. The number of hydrogen-bond donors (Lipinski definition) is 0. The van der Waals surface area contributed by atoms with Crippen LogP contribution in [-0.4, -0.2) is 27.5 Å². The molecule has 6 nitrogen and oxygen atoms in total. The fourth-order valence-electron chi connectivity index (χ4n) is 2.21. The molecule has 0 spiro atoms. The number of carbonyl (C=O) groups is 1. The van der Waals surface area contributed by atoms with Crippen LogP contribution in [0.2, 0.25) is 0 Å². The zero-order valence-corrected chi connectivity index (χ0v) is 13.8. The van der Waals surface area contributed by atoms with E-state index in [-0.39, 0.29) is 12.5 Å². The number of aromatic nitrogens is 2. The summed E-state index contributed by atoms with van der Waals surface area (Å²) in [4.78, 5) is 16.2. The summed E-state index contributed by atoms with van der Waals surface area (Å²) in [5.74, 6) is 1.22. The van der Waals surface area contributed by atoms with Crippen molar-refractivity contribution in [3.63, 3.8) is 0 Å². The Hall–Kier alpha value is -2.41. The number of amides is 1. The maximum atomic E-state index is 12.6. The van der Waals surface area contributed by atoms with Crippen molar-refractivity contribution in [2.24, 2.45) is 0 Å². The average Bonchev–Trinajstić information content (AvgIpc) is 3.27. The van der Waals surface area contributed by atoms with Gasteiger partial charge in [-0.15, -0.1) is 21.5 Å². The van der Waals surface area contributed by atoms with Crippen LogP contribution in [-0.2, 0) is 6.54 Å². The van der Waals surface area contributed by atoms with Crippen molar-refractivity contribution in [1.29, 1.82) is 0 Å². The second-order valence-electron chi connectivity index (χ2n) is 5.12. The van der Waals surface area contributed by atoms with Gasteiger partial charge in [-0.2, -0.15) is 0 Å². The molecule has 23 heavy (non-hydrogen) atoms. The minimum absolute atomic E-state index is 0.0114. The lowest BCUT2D eigenvalue weighted by Gasteiger charge is -2.19. The van der Waals surface area contributed by atoms with Crippen LogP contribution in [0.25, 0.3) is 11.7 Å². The Bertz CT molecular complexity index is 776. The van der Waals surface area contributed by atoms with E-state index in [9.17, 15) is 4.79 Å². The van der Waals surface area contributed by atoms with E-state index in [2.05, 4.69) is 10.2 Å². The number of hydrogen-bond acceptors (Lipinski definition) is 6. The maximum absolute atomic E-state index is 12.6. The van der Waals surface area contributed by atoms with E-state index >= 15 is 0 Å². The molecule has 0 unspecified atom stereocenters. The molecule has 0 aliphatic heterocycles. The van der Waals surface area contributed by atoms with Gasteiger partial charge < -0.3 is 13.7 Å². The fraction of sp³-hybridized carbons (Fsp3) is 0.312. The van der Waals surface area contributed by atoms with E-state index < -0.39 is 0 Å². The molecule has 0 aliphatic rings. The maximum Gasteiger partial charge on any atom is 0.283 e. The highest BCUT2D eigenvalue weighted by Gasteiger charge is 2.20. The summed E-state index contributed by atoms with van der Waals surface area (Å²) in [5, 5.41) is 7.97. The fourth-order valence-corrected chi connectivity index (χ4v) is 3.04. The van der Waals surface area contributed by atoms with Gasteiger partial charge in [-0.25, -0.2) is 0 Å². The van der Waals surface area contributed by atoms with E-state index in [1.54, 1.807) is 23.3 Å². The number of nitrogens with zero attached hydrogens (tertiary/aromatic N) is 3. The molecule has 120 valence electrons. The molecule has 3 rings (SSSR count). The monoisotopic (exact) mass is 331 g/mol. The molecule has 0 saturated heterocycles. The Labute approximate surface area is 137 Å². The van der Waals surface area contributed by atoms with Crippen molar-refractivity contribution >= 4 is 17.2 Å². The topological polar surface area (TPSA) is 72.4 Å². The zero-order valence-electron chi connectivity index (χ0n) is 13.0. The van der Waals surface area contributed by atoms with Crippen LogP contribution in [0.4, 0.5) is 0 Å². The van der Waals surface area contributed by atoms with Gasteiger partial charge in [0.15, 0.2) is 5.76 Å². The third-order valence-corrected chi connectivity index (χ3v) is 4.25. The Kier molecular flexibility index (Phi) is 4.57. The highest BCUT2D eigenvalue weighted by atomic mass is 32.1. The Balaban J connectivity index is 1.76. The van der Waals surface area contributed by atoms with Gasteiger partial charge in [0.1, 0.15) is 0 Å². The summed E-state index contributed by atoms with van der Waals surface area (Å²) >= 11 is 1.49. The van der Waals surface area contributed by atoms with Crippen molar-refractivity contribution < 1.29 is 13.6 Å². The number of rotatable bonds is 6. The first kappa shape index (κ1) is 15.5. The van der Waals surface area contributed by atoms with Gasteiger partial charge >= 0.3 is 0 Å². The van der Waals surface area contributed by atoms with Gasteiger partial charge in [0.05, 0.1) is 17.7 Å². The molecule has 0 saturated carbocycles. The molecular weight excluding hydrogens is 314 g/mol. The van der Waals surface area contributed by atoms with E-state index in [0.29, 0.717) is 24.1 Å². The highest BCUT2D eigenvalue weighted by molar-refractivity contribution is 7.13. The van der Waals surface area contributed by atoms with Crippen LogP contribution in [0.3, 0.4) is 0 Å². The van der Waals surface area contributed by atoms with Gasteiger partial charge in [0.2, 0.25) is 5.89 Å². The van der Waals surface area contributed by atoms with Crippen LogP contribution in [0.5, 0.6) is 0 Å². The van der Waals surface area contributed by atoms with Crippen molar-refractivity contribution in [3.8, 4) is 11.7 Å². The second kappa shape index (κ2) is 6.78. The Morgan fingerprint density at radius 3 is 2.83 bits per heavy atom. The van der Waals surface area contributed by atoms with Crippen LogP contribution >= 0.6 is 11.3 Å². The number of carbonyl (C=O) groups excluding carboxylic acids is 1. The lowest BCUT2D eigenvalue weighted by atomic mass is 10.3. The molecule has 7 heteroatoms. The number of thiophene rings is 1. The van der Waals surface area contributed by atoms with Crippen molar-refractivity contribution in [1.82, 2.24) is 15.1 Å². The average molecular weight is 331 g/mol. The van der Waals surface area contributed by atoms with Crippen molar-refractivity contribution in [2.45, 2.75) is 26.8 Å². The summed E-state index contributed by atoms with van der Waals surface area (Å²) in [6, 6.07) is 7.31. The largest absolute Gasteiger partial charge is 0.459 e. The first-order valence-corrected chi connectivity index (χ1v) is 8.21. The van der Waals surface area contributed by atoms with Gasteiger partial charge in [0.25, 0.3) is 11.8 Å². The van der Waals surface area contributed by atoms with Gasteiger partial charge in [-0.3, -0.25) is 4.79 Å². The molecule has 3 heterocycles. The van der Waals surface area contributed by atoms with Crippen LogP contribution < -0.4 is 0 Å². The smallest absolute Gasteiger partial charge is 0.283 e. The first-order chi connectivity index (χ1) is 11.2. The Morgan fingerprint density at radius 2 is 2.17 bits per heavy atom. The number of furan rings is 1. The minimum atomic E-state index is -0.0114. The minimum Gasteiger partial charge on any atom is -0.459 e. The Morgan fingerprint density at radius 1 is 1.30 bits per heavy atom. The summed E-state index contributed by atoms with van der Waals surface area (Å²) in [6.45, 7) is 4.94. The third kappa shape index (κ3) is 3.50. The predicted molar refractivity (Wildman–Crippen MR) is 86.1 cm³/mol. The van der Waals surface area contributed by atoms with Crippen molar-refractivity contribution in [2.75, 3.05) is 6.54 Å². The van der Waals surface area contributed by atoms with E-state index in [4.69, 9.17) is 8.83 Å². The standard InChI is InChI=1S/C16H17N3O3S/c1-3-8-19(16(20)13-7-6-11(2)23-13)10-14-17-18-15(22-14)12-5-4-9-21-12/h4-7,9H,3,8,10H2,1-2H3. The lowest BCUT2D eigenvalue weighted by molar-refractivity contribution is 0.0733. The molecule has 0 aliphatic carbocycles. The van der Waals surface area contributed by atoms with Gasteiger partial charge in [0, 0.05) is 11.4 Å². The molecule has 3 aromatic rings. The molecule has 0 N–H and O–H groups in total. The molecule has 0 radical (unpaired) electrons. The SMILES string of the molecule is CCCN(Cc1nnc(-c2ccco2)o1)C(=O)c1ccc(C)s1. The normalized spacial score (nSPS) is 10.9. The third-order valence-electron chi connectivity index (χ3n) is 3.26.